The molecule has 2 aromatic carbocycles. The first-order valence-corrected chi connectivity index (χ1v) is 12.4. The average Bonchev–Trinajstić information content (AvgIpc) is 3.41. The van der Waals surface area contributed by atoms with Gasteiger partial charge in [-0.05, 0) is 30.5 Å². The average molecular weight is 508 g/mol. The number of benzene rings is 2. The van der Waals surface area contributed by atoms with Gasteiger partial charge in [-0.2, -0.15) is 0 Å². The highest BCUT2D eigenvalue weighted by Gasteiger charge is 2.29. The Hall–Kier alpha value is -4.05. The van der Waals surface area contributed by atoms with Crippen LogP contribution >= 0.6 is 0 Å². The number of para-hydroxylation sites is 1. The van der Waals surface area contributed by atoms with Crippen LogP contribution in [0, 0.1) is 5.92 Å². The summed E-state index contributed by atoms with van der Waals surface area (Å²) < 4.78 is 2.41. The number of hydrogen-bond donors (Lipinski definition) is 4. The first-order valence-electron chi connectivity index (χ1n) is 12.4. The number of anilines is 3. The van der Waals surface area contributed by atoms with Gasteiger partial charge in [-0.3, -0.25) is 14.4 Å². The molecule has 2 atom stereocenters. The van der Waals surface area contributed by atoms with Crippen LogP contribution in [0.3, 0.4) is 0 Å². The molecule has 0 bridgehead atoms. The fraction of sp³-hybridized carbons (Fsp3) is 0.370. The monoisotopic (exact) mass is 507 g/mol. The van der Waals surface area contributed by atoms with Gasteiger partial charge in [-0.1, -0.05) is 43.3 Å². The van der Waals surface area contributed by atoms with Gasteiger partial charge in [0.25, 0.3) is 17.0 Å². The molecular formula is C27H33N5O5. The van der Waals surface area contributed by atoms with Crippen LogP contribution < -0.4 is 21.8 Å². The molecule has 0 aliphatic carbocycles. The molecule has 4 rings (SSSR count). The smallest absolute Gasteiger partial charge is 0.290 e. The molecule has 1 fully saturated rings. The Labute approximate surface area is 214 Å². The second kappa shape index (κ2) is 10.9. The number of phenols is 1. The first kappa shape index (κ1) is 26.0. The van der Waals surface area contributed by atoms with Crippen LogP contribution in [0.5, 0.6) is 5.75 Å². The summed E-state index contributed by atoms with van der Waals surface area (Å²) in [5.74, 6) is -0.660. The summed E-state index contributed by atoms with van der Waals surface area (Å²) >= 11 is 0. The van der Waals surface area contributed by atoms with Crippen molar-refractivity contribution in [3.8, 4) is 5.75 Å². The number of carbonyl (C=O) groups is 1. The SMILES string of the molecule is CCC(Nc1c(Nc2cccc(C(=O)N3CCC(CO)C3)c2O)c(=O)n(C)n(C)c1=O)c1ccccc1. The second-order valence-electron chi connectivity index (χ2n) is 9.34. The Morgan fingerprint density at radius 2 is 1.70 bits per heavy atom. The van der Waals surface area contributed by atoms with E-state index in [0.717, 1.165) is 5.56 Å². The van der Waals surface area contributed by atoms with Crippen molar-refractivity contribution in [2.24, 2.45) is 20.0 Å². The number of phenolic OH excluding ortho intramolecular Hbond substituents is 1. The van der Waals surface area contributed by atoms with E-state index in [1.165, 1.54) is 29.5 Å². The molecule has 10 nitrogen and oxygen atoms in total. The van der Waals surface area contributed by atoms with E-state index < -0.39 is 11.1 Å². The maximum atomic E-state index is 13.3. The zero-order chi connectivity index (χ0) is 26.7. The van der Waals surface area contributed by atoms with Gasteiger partial charge in [0.2, 0.25) is 0 Å². The Morgan fingerprint density at radius 1 is 1.03 bits per heavy atom. The maximum absolute atomic E-state index is 13.3. The number of hydrogen-bond acceptors (Lipinski definition) is 7. The Balaban J connectivity index is 1.73. The number of aromatic nitrogens is 2. The largest absolute Gasteiger partial charge is 0.505 e. The number of aliphatic hydroxyl groups excluding tert-OH is 1. The minimum absolute atomic E-state index is 0.00112. The lowest BCUT2D eigenvalue weighted by Crippen LogP contribution is -2.38. The number of carbonyl (C=O) groups excluding carboxylic acids is 1. The minimum atomic E-state index is -0.478. The number of aromatic hydroxyl groups is 1. The topological polar surface area (TPSA) is 129 Å². The van der Waals surface area contributed by atoms with E-state index in [1.807, 2.05) is 37.3 Å². The summed E-state index contributed by atoms with van der Waals surface area (Å²) in [6.45, 7) is 2.88. The molecule has 1 amide bonds. The molecule has 196 valence electrons. The van der Waals surface area contributed by atoms with Gasteiger partial charge in [0, 0.05) is 39.7 Å². The van der Waals surface area contributed by atoms with E-state index in [-0.39, 0.29) is 52.8 Å². The van der Waals surface area contributed by atoms with Gasteiger partial charge in [-0.25, -0.2) is 9.36 Å². The summed E-state index contributed by atoms with van der Waals surface area (Å²) in [5.41, 5.74) is 0.316. The van der Waals surface area contributed by atoms with Gasteiger partial charge >= 0.3 is 0 Å². The zero-order valence-corrected chi connectivity index (χ0v) is 21.3. The molecule has 1 saturated heterocycles. The van der Waals surface area contributed by atoms with Crippen molar-refractivity contribution < 1.29 is 15.0 Å². The molecule has 2 heterocycles. The predicted octanol–water partition coefficient (Wildman–Crippen LogP) is 2.55. The molecule has 0 radical (unpaired) electrons. The lowest BCUT2D eigenvalue weighted by molar-refractivity contribution is 0.0779. The maximum Gasteiger partial charge on any atom is 0.290 e. The van der Waals surface area contributed by atoms with Crippen molar-refractivity contribution in [3.05, 3.63) is 80.4 Å². The van der Waals surface area contributed by atoms with Gasteiger partial charge < -0.3 is 25.7 Å². The van der Waals surface area contributed by atoms with Crippen LogP contribution in [0.1, 0.15) is 41.7 Å². The van der Waals surface area contributed by atoms with E-state index in [1.54, 1.807) is 17.0 Å². The van der Waals surface area contributed by atoms with Crippen LogP contribution in [-0.4, -0.2) is 50.1 Å². The van der Waals surface area contributed by atoms with Crippen LogP contribution in [0.4, 0.5) is 17.1 Å². The van der Waals surface area contributed by atoms with E-state index >= 15 is 0 Å². The van der Waals surface area contributed by atoms with Gasteiger partial charge in [0.1, 0.15) is 11.4 Å². The van der Waals surface area contributed by atoms with Gasteiger partial charge in [-0.15, -0.1) is 0 Å². The lowest BCUT2D eigenvalue weighted by atomic mass is 10.0. The van der Waals surface area contributed by atoms with E-state index in [0.29, 0.717) is 25.9 Å². The second-order valence-corrected chi connectivity index (χ2v) is 9.34. The molecular weight excluding hydrogens is 474 g/mol. The highest BCUT2D eigenvalue weighted by atomic mass is 16.3. The van der Waals surface area contributed by atoms with Gasteiger partial charge in [0.15, 0.2) is 5.75 Å². The summed E-state index contributed by atoms with van der Waals surface area (Å²) in [6.07, 6.45) is 1.35. The Morgan fingerprint density at radius 3 is 2.32 bits per heavy atom. The van der Waals surface area contributed by atoms with E-state index in [4.69, 9.17) is 0 Å². The van der Waals surface area contributed by atoms with Crippen molar-refractivity contribution in [2.75, 3.05) is 30.3 Å². The predicted molar refractivity (Wildman–Crippen MR) is 143 cm³/mol. The molecule has 1 aliphatic heterocycles. The van der Waals surface area contributed by atoms with Crippen molar-refractivity contribution in [1.82, 2.24) is 14.3 Å². The molecule has 1 aliphatic rings. The Bertz CT molecular complexity index is 1400. The molecule has 37 heavy (non-hydrogen) atoms. The van der Waals surface area contributed by atoms with Crippen LogP contribution in [0.25, 0.3) is 0 Å². The van der Waals surface area contributed by atoms with Crippen LogP contribution in [0.2, 0.25) is 0 Å². The van der Waals surface area contributed by atoms with Crippen molar-refractivity contribution in [1.29, 1.82) is 0 Å². The third kappa shape index (κ3) is 5.10. The lowest BCUT2D eigenvalue weighted by Gasteiger charge is -2.23. The molecule has 10 heteroatoms. The molecule has 2 unspecified atom stereocenters. The Kier molecular flexibility index (Phi) is 7.68. The number of nitrogens with one attached hydrogen (secondary N) is 2. The van der Waals surface area contributed by atoms with Crippen LogP contribution in [0.15, 0.2) is 58.1 Å². The van der Waals surface area contributed by atoms with Crippen molar-refractivity contribution in [3.63, 3.8) is 0 Å². The number of likely N-dealkylation sites (tertiary alicyclic amines) is 1. The summed E-state index contributed by atoms with van der Waals surface area (Å²) in [4.78, 5) is 41.3. The third-order valence-electron chi connectivity index (χ3n) is 7.00. The highest BCUT2D eigenvalue weighted by Crippen LogP contribution is 2.33. The first-order chi connectivity index (χ1) is 17.8. The highest BCUT2D eigenvalue weighted by molar-refractivity contribution is 5.99. The number of aliphatic hydroxyl groups is 1. The molecule has 0 saturated carbocycles. The zero-order valence-electron chi connectivity index (χ0n) is 21.3. The molecule has 0 spiro atoms. The fourth-order valence-corrected chi connectivity index (χ4v) is 4.63. The molecule has 4 N–H and O–H groups in total. The minimum Gasteiger partial charge on any atom is -0.505 e. The standard InChI is InChI=1S/C27H33N5O5/c1-4-20(18-9-6-5-7-10-18)28-22-23(27(37)31(3)30(2)26(22)36)29-21-12-8-11-19(24(21)34)25(35)32-14-13-17(15-32)16-33/h5-12,17,20,28-29,33-34H,4,13-16H2,1-3H3. The third-order valence-corrected chi connectivity index (χ3v) is 7.00. The fourth-order valence-electron chi connectivity index (χ4n) is 4.63. The van der Waals surface area contributed by atoms with E-state index in [9.17, 15) is 24.6 Å². The quantitative estimate of drug-likeness (QED) is 0.345. The van der Waals surface area contributed by atoms with E-state index in [2.05, 4.69) is 10.6 Å². The molecule has 1 aromatic heterocycles. The number of rotatable bonds is 8. The normalized spacial score (nSPS) is 16.0. The van der Waals surface area contributed by atoms with Crippen molar-refractivity contribution in [2.45, 2.75) is 25.8 Å². The van der Waals surface area contributed by atoms with Crippen LogP contribution in [-0.2, 0) is 14.1 Å². The summed E-state index contributed by atoms with van der Waals surface area (Å²) in [6, 6.07) is 14.0. The summed E-state index contributed by atoms with van der Waals surface area (Å²) in [5, 5.41) is 26.6. The summed E-state index contributed by atoms with van der Waals surface area (Å²) in [7, 11) is 2.99. The number of nitrogens with zero attached hydrogens (tertiary/aromatic N) is 3. The van der Waals surface area contributed by atoms with Crippen molar-refractivity contribution >= 4 is 23.0 Å². The molecule has 3 aromatic rings. The number of amides is 1. The van der Waals surface area contributed by atoms with Gasteiger partial charge in [0.05, 0.1) is 17.3 Å².